The van der Waals surface area contributed by atoms with Gasteiger partial charge in [-0.15, -0.1) is 0 Å². The van der Waals surface area contributed by atoms with Gasteiger partial charge in [0.25, 0.3) is 0 Å². The largest absolute Gasteiger partial charge is 0.494 e. The zero-order chi connectivity index (χ0) is 29.2. The minimum atomic E-state index is -0.905. The Morgan fingerprint density at radius 3 is 2.20 bits per heavy atom. The predicted octanol–water partition coefficient (Wildman–Crippen LogP) is 7.16. The first-order valence-electron chi connectivity index (χ1n) is 14.0. The molecule has 4 aromatic rings. The van der Waals surface area contributed by atoms with Crippen molar-refractivity contribution in [3.63, 3.8) is 0 Å². The number of ether oxygens (including phenoxy) is 2. The second kappa shape index (κ2) is 14.2. The van der Waals surface area contributed by atoms with Crippen molar-refractivity contribution < 1.29 is 29.3 Å². The van der Waals surface area contributed by atoms with Gasteiger partial charge in [-0.2, -0.15) is 0 Å². The molecule has 0 spiro atoms. The molecule has 0 atom stereocenters. The van der Waals surface area contributed by atoms with Crippen LogP contribution in [-0.2, 0) is 22.6 Å². The van der Waals surface area contributed by atoms with Crippen molar-refractivity contribution in [3.05, 3.63) is 94.7 Å². The van der Waals surface area contributed by atoms with Gasteiger partial charge in [-0.25, -0.2) is 0 Å². The molecule has 0 aliphatic rings. The molecule has 0 saturated heterocycles. The molecule has 0 aliphatic heterocycles. The summed E-state index contributed by atoms with van der Waals surface area (Å²) in [5.41, 5.74) is 6.02. The van der Waals surface area contributed by atoms with E-state index in [1.54, 1.807) is 0 Å². The van der Waals surface area contributed by atoms with E-state index in [1.807, 2.05) is 71.4 Å². The van der Waals surface area contributed by atoms with Crippen LogP contribution in [0.25, 0.3) is 23.1 Å². The van der Waals surface area contributed by atoms with Gasteiger partial charge in [0.2, 0.25) is 0 Å². The Kier molecular flexibility index (Phi) is 10.2. The zero-order valence-corrected chi connectivity index (χ0v) is 23.6. The van der Waals surface area contributed by atoms with Crippen LogP contribution >= 0.6 is 0 Å². The smallest absolute Gasteiger partial charge is 0.307 e. The van der Waals surface area contributed by atoms with Crippen LogP contribution < -0.4 is 9.47 Å². The molecule has 0 radical (unpaired) electrons. The van der Waals surface area contributed by atoms with Crippen LogP contribution in [0.5, 0.6) is 11.5 Å². The topological polar surface area (TPSA) is 98.0 Å². The highest BCUT2D eigenvalue weighted by Crippen LogP contribution is 2.28. The van der Waals surface area contributed by atoms with E-state index in [9.17, 15) is 14.7 Å². The molecule has 0 saturated carbocycles. The number of unbranched alkanes of at least 4 members (excludes halogenated alkanes) is 1. The van der Waals surface area contributed by atoms with Crippen molar-refractivity contribution in [2.45, 2.75) is 52.5 Å². The number of carbonyl (C=O) groups is 2. The fraction of sp³-hybridized carbons (Fsp3) is 0.294. The normalized spacial score (nSPS) is 11.3. The minimum Gasteiger partial charge on any atom is -0.494 e. The van der Waals surface area contributed by atoms with Gasteiger partial charge in [0.15, 0.2) is 0 Å². The number of hydrogen-bond donors (Lipinski definition) is 2. The molecule has 0 unspecified atom stereocenters. The molecule has 0 bridgehead atoms. The van der Waals surface area contributed by atoms with Crippen LogP contribution in [0.15, 0.2) is 66.9 Å². The molecule has 41 heavy (non-hydrogen) atoms. The third-order valence-corrected chi connectivity index (χ3v) is 7.04. The van der Waals surface area contributed by atoms with Gasteiger partial charge in [0, 0.05) is 30.1 Å². The van der Waals surface area contributed by atoms with E-state index in [-0.39, 0.29) is 12.8 Å². The van der Waals surface area contributed by atoms with Gasteiger partial charge in [0.05, 0.1) is 19.6 Å². The Balaban J connectivity index is 1.33. The minimum absolute atomic E-state index is 0.0649. The Morgan fingerprint density at radius 2 is 1.51 bits per heavy atom. The van der Waals surface area contributed by atoms with E-state index < -0.39 is 11.9 Å². The number of hydrogen-bond acceptors (Lipinski definition) is 4. The lowest BCUT2D eigenvalue weighted by Gasteiger charge is -2.09. The molecule has 0 amide bonds. The SMILES string of the molecule is Cc1ccc(OCCCCOc2ccc(C=Cc3cccc4c3c(CC(=O)O)cn4CCCC(=O)O)cc2)cc1C. The molecule has 1 heterocycles. The molecule has 1 aromatic heterocycles. The molecular weight excluding hydrogens is 518 g/mol. The number of aliphatic carboxylic acids is 2. The van der Waals surface area contributed by atoms with Crippen LogP contribution in [0.2, 0.25) is 0 Å². The molecular formula is C34H37NO6. The van der Waals surface area contributed by atoms with Gasteiger partial charge < -0.3 is 24.3 Å². The summed E-state index contributed by atoms with van der Waals surface area (Å²) in [6.07, 6.45) is 8.05. The van der Waals surface area contributed by atoms with Crippen molar-refractivity contribution in [3.8, 4) is 11.5 Å². The summed E-state index contributed by atoms with van der Waals surface area (Å²) in [4.78, 5) is 22.5. The Morgan fingerprint density at radius 1 is 0.805 bits per heavy atom. The first-order valence-corrected chi connectivity index (χ1v) is 14.0. The van der Waals surface area contributed by atoms with Crippen LogP contribution in [-0.4, -0.2) is 39.9 Å². The van der Waals surface area contributed by atoms with Gasteiger partial charge >= 0.3 is 11.9 Å². The summed E-state index contributed by atoms with van der Waals surface area (Å²) in [7, 11) is 0. The number of aryl methyl sites for hydroxylation is 3. The highest BCUT2D eigenvalue weighted by atomic mass is 16.5. The van der Waals surface area contributed by atoms with Crippen LogP contribution in [0.1, 0.15) is 53.5 Å². The van der Waals surface area contributed by atoms with Crippen molar-refractivity contribution in [1.82, 2.24) is 4.57 Å². The fourth-order valence-corrected chi connectivity index (χ4v) is 4.74. The predicted molar refractivity (Wildman–Crippen MR) is 162 cm³/mol. The molecule has 2 N–H and O–H groups in total. The van der Waals surface area contributed by atoms with E-state index >= 15 is 0 Å². The lowest BCUT2D eigenvalue weighted by molar-refractivity contribution is -0.137. The van der Waals surface area contributed by atoms with E-state index in [0.29, 0.717) is 31.7 Å². The summed E-state index contributed by atoms with van der Waals surface area (Å²) in [6, 6.07) is 19.9. The number of nitrogens with zero attached hydrogens (tertiary/aromatic N) is 1. The number of carboxylic acid groups (broad SMARTS) is 2. The first kappa shape index (κ1) is 29.5. The van der Waals surface area contributed by atoms with E-state index in [1.165, 1.54) is 11.1 Å². The van der Waals surface area contributed by atoms with Crippen LogP contribution in [0.3, 0.4) is 0 Å². The maximum atomic E-state index is 11.5. The monoisotopic (exact) mass is 555 g/mol. The second-order valence-electron chi connectivity index (χ2n) is 10.2. The number of carboxylic acids is 2. The summed E-state index contributed by atoms with van der Waals surface area (Å²) < 4.78 is 13.7. The Bertz CT molecular complexity index is 1520. The third kappa shape index (κ3) is 8.48. The van der Waals surface area contributed by atoms with Crippen molar-refractivity contribution >= 4 is 35.0 Å². The van der Waals surface area contributed by atoms with E-state index in [2.05, 4.69) is 26.0 Å². The number of aromatic nitrogens is 1. The second-order valence-corrected chi connectivity index (χ2v) is 10.2. The summed E-state index contributed by atoms with van der Waals surface area (Å²) >= 11 is 0. The Labute approximate surface area is 240 Å². The van der Waals surface area contributed by atoms with Gasteiger partial charge in [-0.1, -0.05) is 42.5 Å². The highest BCUT2D eigenvalue weighted by Gasteiger charge is 2.14. The molecule has 3 aromatic carbocycles. The lowest BCUT2D eigenvalue weighted by Crippen LogP contribution is -2.02. The summed E-state index contributed by atoms with van der Waals surface area (Å²) in [5.74, 6) is -0.0366. The molecule has 0 fully saturated rings. The van der Waals surface area contributed by atoms with Crippen molar-refractivity contribution in [2.75, 3.05) is 13.2 Å². The van der Waals surface area contributed by atoms with Crippen molar-refractivity contribution in [2.24, 2.45) is 0 Å². The standard InChI is InChI=1S/C34H37NO6/c1-24-10-15-30(21-25(24)2)41-20-4-3-19-40-29-16-12-26(13-17-29)11-14-27-7-5-8-31-34(27)28(22-33(38)39)23-35(31)18-6-9-32(36)37/h5,7-8,10-17,21,23H,3-4,6,9,18-20,22H2,1-2H3,(H,36,37)(H,38,39). The lowest BCUT2D eigenvalue weighted by atomic mass is 10.0. The van der Waals surface area contributed by atoms with Crippen LogP contribution in [0, 0.1) is 13.8 Å². The number of benzene rings is 3. The van der Waals surface area contributed by atoms with Gasteiger partial charge in [-0.05, 0) is 91.3 Å². The van der Waals surface area contributed by atoms with Gasteiger partial charge in [0.1, 0.15) is 11.5 Å². The molecule has 7 nitrogen and oxygen atoms in total. The maximum absolute atomic E-state index is 11.5. The first-order chi connectivity index (χ1) is 19.8. The summed E-state index contributed by atoms with van der Waals surface area (Å²) in [6.45, 7) is 5.96. The van der Waals surface area contributed by atoms with Gasteiger partial charge in [-0.3, -0.25) is 9.59 Å². The Hall–Kier alpha value is -4.52. The maximum Gasteiger partial charge on any atom is 0.307 e. The van der Waals surface area contributed by atoms with E-state index in [0.717, 1.165) is 46.4 Å². The average Bonchev–Trinajstić information content (AvgIpc) is 3.29. The highest BCUT2D eigenvalue weighted by molar-refractivity contribution is 5.96. The van der Waals surface area contributed by atoms with Crippen molar-refractivity contribution in [1.29, 1.82) is 0 Å². The number of fused-ring (bicyclic) bond motifs is 1. The fourth-order valence-electron chi connectivity index (χ4n) is 4.74. The molecule has 4 rings (SSSR count). The quantitative estimate of drug-likeness (QED) is 0.119. The molecule has 214 valence electrons. The average molecular weight is 556 g/mol. The zero-order valence-electron chi connectivity index (χ0n) is 23.6. The summed E-state index contributed by atoms with van der Waals surface area (Å²) in [5, 5.41) is 19.3. The molecule has 7 heteroatoms. The van der Waals surface area contributed by atoms with Crippen LogP contribution in [0.4, 0.5) is 0 Å². The number of rotatable bonds is 15. The van der Waals surface area contributed by atoms with E-state index in [4.69, 9.17) is 14.6 Å². The molecule has 0 aliphatic carbocycles. The third-order valence-electron chi connectivity index (χ3n) is 7.04.